The van der Waals surface area contributed by atoms with Crippen LogP contribution in [0.15, 0.2) is 28.6 Å². The molecule has 0 amide bonds. The molecule has 1 aliphatic rings. The predicted molar refractivity (Wildman–Crippen MR) is 84.2 cm³/mol. The van der Waals surface area contributed by atoms with E-state index < -0.39 is 11.7 Å². The van der Waals surface area contributed by atoms with Gasteiger partial charge in [-0.15, -0.1) is 11.3 Å². The van der Waals surface area contributed by atoms with Crippen LogP contribution in [0.3, 0.4) is 0 Å². The molecule has 3 nitrogen and oxygen atoms in total. The normalized spacial score (nSPS) is 14.9. The van der Waals surface area contributed by atoms with Gasteiger partial charge in [0.05, 0.1) is 28.4 Å². The van der Waals surface area contributed by atoms with Crippen molar-refractivity contribution in [3.8, 4) is 10.6 Å². The number of hydrogen-bond donors (Lipinski definition) is 0. The summed E-state index contributed by atoms with van der Waals surface area (Å²) in [6, 6.07) is 4.65. The zero-order valence-electron chi connectivity index (χ0n) is 12.5. The maximum absolute atomic E-state index is 13.5. The third-order valence-corrected chi connectivity index (χ3v) is 4.39. The number of alkyl halides is 3. The lowest BCUT2D eigenvalue weighted by Gasteiger charge is -2.14. The summed E-state index contributed by atoms with van der Waals surface area (Å²) in [5, 5.41) is 1.82. The minimum atomic E-state index is -4.48. The van der Waals surface area contributed by atoms with Gasteiger partial charge in [0.2, 0.25) is 0 Å². The van der Waals surface area contributed by atoms with Crippen molar-refractivity contribution in [1.82, 2.24) is 4.98 Å². The molecular weight excluding hydrogens is 325 g/mol. The van der Waals surface area contributed by atoms with E-state index in [4.69, 9.17) is 4.74 Å². The summed E-state index contributed by atoms with van der Waals surface area (Å²) in [6.45, 7) is 2.17. The van der Waals surface area contributed by atoms with E-state index in [1.165, 1.54) is 11.3 Å². The average molecular weight is 340 g/mol. The van der Waals surface area contributed by atoms with E-state index in [2.05, 4.69) is 9.98 Å². The fourth-order valence-electron chi connectivity index (χ4n) is 2.52. The highest BCUT2D eigenvalue weighted by Gasteiger charge is 2.36. The van der Waals surface area contributed by atoms with Crippen LogP contribution in [-0.4, -0.2) is 17.5 Å². The number of aryl methyl sites for hydroxylation is 1. The summed E-state index contributed by atoms with van der Waals surface area (Å²) < 4.78 is 45.9. The number of rotatable bonds is 2. The highest BCUT2D eigenvalue weighted by molar-refractivity contribution is 7.13. The zero-order chi connectivity index (χ0) is 16.4. The van der Waals surface area contributed by atoms with Crippen LogP contribution in [0.4, 0.5) is 18.9 Å². The van der Waals surface area contributed by atoms with Crippen LogP contribution >= 0.6 is 11.3 Å². The molecule has 2 aromatic heterocycles. The molecule has 0 saturated carbocycles. The van der Waals surface area contributed by atoms with Crippen molar-refractivity contribution >= 4 is 22.9 Å². The van der Waals surface area contributed by atoms with E-state index in [1.54, 1.807) is 19.1 Å². The molecule has 0 radical (unpaired) electrons. The molecule has 0 unspecified atom stereocenters. The van der Waals surface area contributed by atoms with Gasteiger partial charge in [0.15, 0.2) is 5.90 Å². The lowest BCUT2D eigenvalue weighted by atomic mass is 10.1. The van der Waals surface area contributed by atoms with Crippen molar-refractivity contribution in [2.75, 3.05) is 6.61 Å². The summed E-state index contributed by atoms with van der Waals surface area (Å²) in [5.74, 6) is 0.349. The Bertz CT molecular complexity index is 724. The van der Waals surface area contributed by atoms with E-state index in [0.29, 0.717) is 43.2 Å². The Labute approximate surface area is 135 Å². The second kappa shape index (κ2) is 6.31. The number of pyridine rings is 1. The van der Waals surface area contributed by atoms with E-state index >= 15 is 0 Å². The van der Waals surface area contributed by atoms with Crippen molar-refractivity contribution < 1.29 is 17.9 Å². The number of nitrogens with zero attached hydrogens (tertiary/aromatic N) is 2. The highest BCUT2D eigenvalue weighted by Crippen LogP contribution is 2.42. The maximum atomic E-state index is 13.5. The lowest BCUT2D eigenvalue weighted by Crippen LogP contribution is -2.09. The van der Waals surface area contributed by atoms with Crippen LogP contribution in [0, 0.1) is 0 Å². The topological polar surface area (TPSA) is 34.5 Å². The Kier molecular flexibility index (Phi) is 4.39. The molecule has 23 heavy (non-hydrogen) atoms. The molecule has 0 fully saturated rings. The first-order valence-electron chi connectivity index (χ1n) is 7.34. The number of halogens is 3. The summed E-state index contributed by atoms with van der Waals surface area (Å²) >= 11 is 1.37. The van der Waals surface area contributed by atoms with Crippen LogP contribution in [0.5, 0.6) is 0 Å². The standard InChI is InChI=1S/C16H15F3N2OS/c1-2-22-14-7-3-5-11-15(21-14)10(16(17,18)19)9-12(20-11)13-6-4-8-23-13/h4,6,8-9H,2-3,5,7H2,1H3. The molecule has 3 rings (SSSR count). The van der Waals surface area contributed by atoms with E-state index in [1.807, 2.05) is 5.38 Å². The third kappa shape index (κ3) is 3.39. The van der Waals surface area contributed by atoms with Crippen LogP contribution in [0.1, 0.15) is 31.0 Å². The molecule has 7 heteroatoms. The fourth-order valence-corrected chi connectivity index (χ4v) is 3.20. The van der Waals surface area contributed by atoms with Gasteiger partial charge in [-0.05, 0) is 37.3 Å². The first-order chi connectivity index (χ1) is 11.0. The number of aromatic nitrogens is 1. The summed E-state index contributed by atoms with van der Waals surface area (Å²) in [7, 11) is 0. The largest absolute Gasteiger partial charge is 0.481 e. The van der Waals surface area contributed by atoms with E-state index in [-0.39, 0.29) is 5.69 Å². The quantitative estimate of drug-likeness (QED) is 0.750. The van der Waals surface area contributed by atoms with Crippen molar-refractivity contribution in [2.45, 2.75) is 32.4 Å². The maximum Gasteiger partial charge on any atom is 0.418 e. The predicted octanol–water partition coefficient (Wildman–Crippen LogP) is 5.23. The van der Waals surface area contributed by atoms with Crippen LogP contribution < -0.4 is 0 Å². The number of fused-ring (bicyclic) bond motifs is 1. The number of thiophene rings is 1. The van der Waals surface area contributed by atoms with Crippen molar-refractivity contribution in [3.63, 3.8) is 0 Å². The van der Waals surface area contributed by atoms with Gasteiger partial charge in [0, 0.05) is 6.42 Å². The Morgan fingerprint density at radius 3 is 2.78 bits per heavy atom. The average Bonchev–Trinajstić information content (AvgIpc) is 2.94. The molecule has 2 aromatic rings. The molecule has 0 spiro atoms. The summed E-state index contributed by atoms with van der Waals surface area (Å²) in [6.07, 6.45) is -2.83. The molecule has 0 aliphatic carbocycles. The van der Waals surface area contributed by atoms with Crippen molar-refractivity contribution in [2.24, 2.45) is 4.99 Å². The SMILES string of the molecule is CCOC1=Nc2c(C(F)(F)F)cc(-c3cccs3)nc2CCC1. The molecule has 0 N–H and O–H groups in total. The monoisotopic (exact) mass is 340 g/mol. The van der Waals surface area contributed by atoms with E-state index in [9.17, 15) is 13.2 Å². The second-order valence-electron chi connectivity index (χ2n) is 5.12. The molecule has 0 saturated heterocycles. The minimum Gasteiger partial charge on any atom is -0.481 e. The van der Waals surface area contributed by atoms with Gasteiger partial charge in [-0.2, -0.15) is 13.2 Å². The molecule has 3 heterocycles. The minimum absolute atomic E-state index is 0.0984. The van der Waals surface area contributed by atoms with E-state index in [0.717, 1.165) is 10.9 Å². The molecule has 0 bridgehead atoms. The number of ether oxygens (including phenoxy) is 1. The van der Waals surface area contributed by atoms with Gasteiger partial charge in [0.25, 0.3) is 0 Å². The fraction of sp³-hybridized carbons (Fsp3) is 0.375. The Hall–Kier alpha value is -1.89. The number of aliphatic imine (C=N–C) groups is 1. The van der Waals surface area contributed by atoms with Gasteiger partial charge in [-0.1, -0.05) is 6.07 Å². The van der Waals surface area contributed by atoms with Crippen LogP contribution in [0.25, 0.3) is 10.6 Å². The molecule has 0 aromatic carbocycles. The molecule has 0 atom stereocenters. The smallest absolute Gasteiger partial charge is 0.418 e. The number of hydrogen-bond acceptors (Lipinski definition) is 4. The van der Waals surface area contributed by atoms with Gasteiger partial charge in [-0.3, -0.25) is 0 Å². The first kappa shape index (κ1) is 16.0. The van der Waals surface area contributed by atoms with Crippen LogP contribution in [-0.2, 0) is 17.3 Å². The summed E-state index contributed by atoms with van der Waals surface area (Å²) in [5.41, 5.74) is -0.108. The molecule has 122 valence electrons. The third-order valence-electron chi connectivity index (χ3n) is 3.50. The highest BCUT2D eigenvalue weighted by atomic mass is 32.1. The van der Waals surface area contributed by atoms with Gasteiger partial charge in [-0.25, -0.2) is 9.98 Å². The molecular formula is C16H15F3N2OS. The van der Waals surface area contributed by atoms with Crippen LogP contribution in [0.2, 0.25) is 0 Å². The summed E-state index contributed by atoms with van der Waals surface area (Å²) in [4.78, 5) is 9.28. The van der Waals surface area contributed by atoms with Crippen molar-refractivity contribution in [1.29, 1.82) is 0 Å². The molecule has 1 aliphatic heterocycles. The first-order valence-corrected chi connectivity index (χ1v) is 8.22. The Balaban J connectivity index is 2.18. The van der Waals surface area contributed by atoms with Gasteiger partial charge in [0.1, 0.15) is 5.69 Å². The van der Waals surface area contributed by atoms with Gasteiger partial charge >= 0.3 is 6.18 Å². The van der Waals surface area contributed by atoms with Gasteiger partial charge < -0.3 is 4.74 Å². The van der Waals surface area contributed by atoms with Crippen molar-refractivity contribution in [3.05, 3.63) is 34.8 Å². The Morgan fingerprint density at radius 1 is 1.30 bits per heavy atom. The zero-order valence-corrected chi connectivity index (χ0v) is 13.3. The Morgan fingerprint density at radius 2 is 2.13 bits per heavy atom. The second-order valence-corrected chi connectivity index (χ2v) is 6.07. The lowest BCUT2D eigenvalue weighted by molar-refractivity contribution is -0.137.